The van der Waals surface area contributed by atoms with Crippen molar-refractivity contribution in [3.63, 3.8) is 0 Å². The lowest BCUT2D eigenvalue weighted by molar-refractivity contribution is -0.118. The monoisotopic (exact) mass is 267 g/mol. The summed E-state index contributed by atoms with van der Waals surface area (Å²) in [6.45, 7) is 2.68. The number of aromatic hydroxyl groups is 1. The summed E-state index contributed by atoms with van der Waals surface area (Å²) in [5, 5.41) is 13.1. The Balaban J connectivity index is 1.96. The maximum Gasteiger partial charge on any atom is 0.160 e. The van der Waals surface area contributed by atoms with Crippen LogP contribution in [0.4, 0.5) is 5.69 Å². The third kappa shape index (κ3) is 2.93. The Morgan fingerprint density at radius 3 is 2.74 bits per heavy atom. The minimum Gasteiger partial charge on any atom is -0.504 e. The van der Waals surface area contributed by atoms with Crippen LogP contribution in [0.15, 0.2) is 18.2 Å². The maximum atomic E-state index is 9.73. The van der Waals surface area contributed by atoms with Crippen LogP contribution in [-0.2, 0) is 9.47 Å². The van der Waals surface area contributed by atoms with Crippen LogP contribution in [0.1, 0.15) is 13.3 Å². The second kappa shape index (κ2) is 6.12. The Hall–Kier alpha value is -1.46. The van der Waals surface area contributed by atoms with Crippen LogP contribution in [0.2, 0.25) is 0 Å². The van der Waals surface area contributed by atoms with Gasteiger partial charge in [-0.05, 0) is 25.5 Å². The first-order valence-electron chi connectivity index (χ1n) is 6.47. The van der Waals surface area contributed by atoms with Crippen molar-refractivity contribution < 1.29 is 19.3 Å². The van der Waals surface area contributed by atoms with Crippen molar-refractivity contribution in [2.75, 3.05) is 26.1 Å². The molecule has 5 heteroatoms. The summed E-state index contributed by atoms with van der Waals surface area (Å²) >= 11 is 0. The molecular weight excluding hydrogens is 246 g/mol. The molecule has 0 heterocycles. The van der Waals surface area contributed by atoms with E-state index < -0.39 is 0 Å². The highest BCUT2D eigenvalue weighted by Crippen LogP contribution is 2.33. The van der Waals surface area contributed by atoms with Crippen molar-refractivity contribution in [2.45, 2.75) is 31.6 Å². The molecule has 1 aromatic carbocycles. The molecule has 0 bridgehead atoms. The number of hydrogen-bond donors (Lipinski definition) is 2. The zero-order valence-corrected chi connectivity index (χ0v) is 11.6. The number of nitrogens with one attached hydrogen (secondary N) is 1. The third-order valence-corrected chi connectivity index (χ3v) is 3.43. The van der Waals surface area contributed by atoms with E-state index in [9.17, 15) is 5.11 Å². The summed E-state index contributed by atoms with van der Waals surface area (Å²) in [5.74, 6) is 0.594. The van der Waals surface area contributed by atoms with E-state index >= 15 is 0 Å². The molecule has 0 amide bonds. The van der Waals surface area contributed by atoms with Crippen LogP contribution >= 0.6 is 0 Å². The predicted molar refractivity (Wildman–Crippen MR) is 72.9 cm³/mol. The Morgan fingerprint density at radius 1 is 1.37 bits per heavy atom. The van der Waals surface area contributed by atoms with Crippen LogP contribution in [-0.4, -0.2) is 44.2 Å². The van der Waals surface area contributed by atoms with Gasteiger partial charge < -0.3 is 24.6 Å². The average Bonchev–Trinajstić information content (AvgIpc) is 2.38. The first-order chi connectivity index (χ1) is 9.19. The van der Waals surface area contributed by atoms with Gasteiger partial charge in [0.15, 0.2) is 11.5 Å². The topological polar surface area (TPSA) is 60.0 Å². The Bertz CT molecular complexity index is 424. The Kier molecular flexibility index (Phi) is 4.50. The lowest BCUT2D eigenvalue weighted by Gasteiger charge is -2.43. The van der Waals surface area contributed by atoms with Crippen LogP contribution in [0.25, 0.3) is 0 Å². The molecule has 2 N–H and O–H groups in total. The first-order valence-corrected chi connectivity index (χ1v) is 6.47. The van der Waals surface area contributed by atoms with Gasteiger partial charge in [0.25, 0.3) is 0 Å². The second-order valence-corrected chi connectivity index (χ2v) is 4.57. The highest BCUT2D eigenvalue weighted by molar-refractivity contribution is 5.55. The number of hydrogen-bond acceptors (Lipinski definition) is 5. The summed E-state index contributed by atoms with van der Waals surface area (Å²) in [4.78, 5) is 0. The molecule has 0 radical (unpaired) electrons. The normalized spacial score (nSPS) is 25.7. The lowest BCUT2D eigenvalue weighted by Crippen LogP contribution is -2.56. The molecule has 19 heavy (non-hydrogen) atoms. The van der Waals surface area contributed by atoms with Gasteiger partial charge in [0.05, 0.1) is 19.3 Å². The van der Waals surface area contributed by atoms with Crippen molar-refractivity contribution in [2.24, 2.45) is 0 Å². The van der Waals surface area contributed by atoms with E-state index in [2.05, 4.69) is 5.32 Å². The molecule has 1 aliphatic rings. The van der Waals surface area contributed by atoms with E-state index in [4.69, 9.17) is 14.2 Å². The molecule has 0 aliphatic heterocycles. The molecule has 3 atom stereocenters. The van der Waals surface area contributed by atoms with Gasteiger partial charge in [-0.25, -0.2) is 0 Å². The van der Waals surface area contributed by atoms with Crippen molar-refractivity contribution >= 4 is 5.69 Å². The molecule has 2 rings (SSSR count). The average molecular weight is 267 g/mol. The van der Waals surface area contributed by atoms with E-state index in [-0.39, 0.29) is 24.0 Å². The molecular formula is C14H21NO4. The molecule has 1 fully saturated rings. The molecule has 0 saturated heterocycles. The number of rotatable bonds is 6. The molecule has 5 nitrogen and oxygen atoms in total. The summed E-state index contributed by atoms with van der Waals surface area (Å²) in [7, 11) is 3.22. The van der Waals surface area contributed by atoms with Crippen LogP contribution < -0.4 is 10.1 Å². The molecule has 106 valence electrons. The van der Waals surface area contributed by atoms with E-state index in [1.165, 1.54) is 7.11 Å². The molecule has 0 spiro atoms. The van der Waals surface area contributed by atoms with Gasteiger partial charge in [-0.1, -0.05) is 0 Å². The highest BCUT2D eigenvalue weighted by Gasteiger charge is 2.42. The molecule has 3 unspecified atom stereocenters. The van der Waals surface area contributed by atoms with Crippen molar-refractivity contribution in [1.29, 1.82) is 0 Å². The van der Waals surface area contributed by atoms with Gasteiger partial charge >= 0.3 is 0 Å². The van der Waals surface area contributed by atoms with E-state index in [0.29, 0.717) is 12.4 Å². The zero-order valence-electron chi connectivity index (χ0n) is 11.6. The van der Waals surface area contributed by atoms with Gasteiger partial charge in [0.2, 0.25) is 0 Å². The van der Waals surface area contributed by atoms with Gasteiger partial charge in [0.1, 0.15) is 6.10 Å². The fourth-order valence-corrected chi connectivity index (χ4v) is 2.41. The number of benzene rings is 1. The fraction of sp³-hybridized carbons (Fsp3) is 0.571. The van der Waals surface area contributed by atoms with E-state index in [0.717, 1.165) is 12.1 Å². The number of anilines is 1. The standard InChI is InChI=1S/C14H21NO4/c1-4-19-13-8-10(14(13)18-3)15-9-5-6-12(17-2)11(16)7-9/h5-7,10,13-16H,4,8H2,1-3H3. The smallest absolute Gasteiger partial charge is 0.160 e. The van der Waals surface area contributed by atoms with Gasteiger partial charge in [-0.2, -0.15) is 0 Å². The van der Waals surface area contributed by atoms with Crippen molar-refractivity contribution in [1.82, 2.24) is 0 Å². The van der Waals surface area contributed by atoms with Crippen molar-refractivity contribution in [3.05, 3.63) is 18.2 Å². The number of ether oxygens (including phenoxy) is 3. The fourth-order valence-electron chi connectivity index (χ4n) is 2.41. The van der Waals surface area contributed by atoms with E-state index in [1.807, 2.05) is 13.0 Å². The summed E-state index contributed by atoms with van der Waals surface area (Å²) in [6.07, 6.45) is 1.10. The van der Waals surface area contributed by atoms with Gasteiger partial charge in [-0.3, -0.25) is 0 Å². The number of phenols is 1. The second-order valence-electron chi connectivity index (χ2n) is 4.57. The highest BCUT2D eigenvalue weighted by atomic mass is 16.5. The van der Waals surface area contributed by atoms with Crippen LogP contribution in [0, 0.1) is 0 Å². The summed E-state index contributed by atoms with van der Waals surface area (Å²) in [6, 6.07) is 5.46. The molecule has 1 aliphatic carbocycles. The Morgan fingerprint density at radius 2 is 2.16 bits per heavy atom. The van der Waals surface area contributed by atoms with Crippen LogP contribution in [0.3, 0.4) is 0 Å². The van der Waals surface area contributed by atoms with Gasteiger partial charge in [0, 0.05) is 25.5 Å². The van der Waals surface area contributed by atoms with E-state index in [1.54, 1.807) is 19.2 Å². The van der Waals surface area contributed by atoms with Gasteiger partial charge in [-0.15, -0.1) is 0 Å². The largest absolute Gasteiger partial charge is 0.504 e. The number of phenolic OH excluding ortho intramolecular Hbond substituents is 1. The summed E-state index contributed by atoms with van der Waals surface area (Å²) < 4.78 is 16.0. The number of methoxy groups -OCH3 is 2. The first kappa shape index (κ1) is 14.0. The SMILES string of the molecule is CCOC1CC(Nc2ccc(OC)c(O)c2)C1OC. The minimum atomic E-state index is 0.0456. The minimum absolute atomic E-state index is 0.0456. The molecule has 1 aromatic rings. The zero-order chi connectivity index (χ0) is 13.8. The quantitative estimate of drug-likeness (QED) is 0.825. The predicted octanol–water partition coefficient (Wildman–Crippen LogP) is 2.01. The molecule has 1 saturated carbocycles. The maximum absolute atomic E-state index is 9.73. The van der Waals surface area contributed by atoms with Crippen molar-refractivity contribution in [3.8, 4) is 11.5 Å². The lowest BCUT2D eigenvalue weighted by atomic mass is 9.85. The molecule has 0 aromatic heterocycles. The Labute approximate surface area is 113 Å². The third-order valence-electron chi connectivity index (χ3n) is 3.43. The summed E-state index contributed by atoms with van der Waals surface area (Å²) in [5.41, 5.74) is 0.847. The van der Waals surface area contributed by atoms with Crippen LogP contribution in [0.5, 0.6) is 11.5 Å².